The lowest BCUT2D eigenvalue weighted by atomic mass is 10.1. The fourth-order valence-electron chi connectivity index (χ4n) is 2.26. The highest BCUT2D eigenvalue weighted by atomic mass is 16.5. The molecular formula is C17H19N5O2. The van der Waals surface area contributed by atoms with Gasteiger partial charge in [-0.1, -0.05) is 43.7 Å². The number of nitrogens with zero attached hydrogens (tertiary/aromatic N) is 4. The van der Waals surface area contributed by atoms with Crippen molar-refractivity contribution in [1.82, 2.24) is 19.9 Å². The maximum absolute atomic E-state index is 10.5. The van der Waals surface area contributed by atoms with Gasteiger partial charge in [0.15, 0.2) is 11.2 Å². The van der Waals surface area contributed by atoms with Gasteiger partial charge in [-0.15, -0.1) is 0 Å². The van der Waals surface area contributed by atoms with Crippen LogP contribution in [0.2, 0.25) is 0 Å². The van der Waals surface area contributed by atoms with Gasteiger partial charge < -0.3 is 15.6 Å². The SMILES string of the molecule is CCCCOc1nc(N)nc2ncc(C(O)c3ccccc3)nc12. The fraction of sp³-hybridized carbons (Fsp3) is 0.294. The number of aliphatic hydroxyl groups is 1. The molecule has 124 valence electrons. The molecule has 24 heavy (non-hydrogen) atoms. The summed E-state index contributed by atoms with van der Waals surface area (Å²) in [6.07, 6.45) is 2.50. The van der Waals surface area contributed by atoms with Gasteiger partial charge in [0.05, 0.1) is 18.5 Å². The van der Waals surface area contributed by atoms with Crippen LogP contribution < -0.4 is 10.5 Å². The minimum Gasteiger partial charge on any atom is -0.476 e. The Balaban J connectivity index is 1.99. The fourth-order valence-corrected chi connectivity index (χ4v) is 2.26. The summed E-state index contributed by atoms with van der Waals surface area (Å²) in [6.45, 7) is 2.58. The van der Waals surface area contributed by atoms with Crippen LogP contribution in [0, 0.1) is 0 Å². The molecule has 0 saturated carbocycles. The number of nitrogens with two attached hydrogens (primary N) is 1. The lowest BCUT2D eigenvalue weighted by molar-refractivity contribution is 0.215. The van der Waals surface area contributed by atoms with E-state index >= 15 is 0 Å². The number of hydrogen-bond acceptors (Lipinski definition) is 7. The highest BCUT2D eigenvalue weighted by Crippen LogP contribution is 2.25. The van der Waals surface area contributed by atoms with E-state index in [1.165, 1.54) is 6.20 Å². The predicted molar refractivity (Wildman–Crippen MR) is 90.4 cm³/mol. The van der Waals surface area contributed by atoms with E-state index in [1.807, 2.05) is 30.3 Å². The Bertz CT molecular complexity index is 826. The third-order valence-electron chi connectivity index (χ3n) is 3.54. The molecule has 0 fully saturated rings. The number of aromatic nitrogens is 4. The minimum absolute atomic E-state index is 0.0830. The molecule has 0 spiro atoms. The number of ether oxygens (including phenoxy) is 1. The molecule has 3 aromatic rings. The lowest BCUT2D eigenvalue weighted by Crippen LogP contribution is -2.08. The van der Waals surface area contributed by atoms with Crippen LogP contribution in [-0.4, -0.2) is 31.6 Å². The molecule has 0 aliphatic rings. The minimum atomic E-state index is -0.885. The maximum atomic E-state index is 10.5. The third-order valence-corrected chi connectivity index (χ3v) is 3.54. The summed E-state index contributed by atoms with van der Waals surface area (Å²) in [6, 6.07) is 9.26. The largest absolute Gasteiger partial charge is 0.476 e. The number of rotatable bonds is 6. The summed E-state index contributed by atoms with van der Waals surface area (Å²) in [5.41, 5.74) is 7.58. The second kappa shape index (κ2) is 7.18. The molecule has 0 amide bonds. The van der Waals surface area contributed by atoms with Crippen LogP contribution in [0.15, 0.2) is 36.5 Å². The van der Waals surface area contributed by atoms with Gasteiger partial charge in [-0.05, 0) is 12.0 Å². The normalized spacial score (nSPS) is 12.2. The van der Waals surface area contributed by atoms with Crippen LogP contribution in [-0.2, 0) is 0 Å². The average Bonchev–Trinajstić information content (AvgIpc) is 2.61. The predicted octanol–water partition coefficient (Wildman–Crippen LogP) is 2.26. The zero-order chi connectivity index (χ0) is 16.9. The van der Waals surface area contributed by atoms with Crippen molar-refractivity contribution in [2.45, 2.75) is 25.9 Å². The summed E-state index contributed by atoms with van der Waals surface area (Å²) in [7, 11) is 0. The molecule has 7 nitrogen and oxygen atoms in total. The monoisotopic (exact) mass is 325 g/mol. The molecule has 2 aromatic heterocycles. The Morgan fingerprint density at radius 1 is 1.17 bits per heavy atom. The number of unbranched alkanes of at least 4 members (excludes halogenated alkanes) is 1. The first kappa shape index (κ1) is 16.1. The second-order valence-electron chi connectivity index (χ2n) is 5.37. The summed E-state index contributed by atoms with van der Waals surface area (Å²) in [5.74, 6) is 0.375. The first-order valence-corrected chi connectivity index (χ1v) is 7.85. The quantitative estimate of drug-likeness (QED) is 0.669. The van der Waals surface area contributed by atoms with Gasteiger partial charge in [-0.2, -0.15) is 9.97 Å². The Kier molecular flexibility index (Phi) is 4.81. The van der Waals surface area contributed by atoms with Crippen molar-refractivity contribution < 1.29 is 9.84 Å². The number of fused-ring (bicyclic) bond motifs is 1. The Morgan fingerprint density at radius 2 is 1.96 bits per heavy atom. The molecule has 7 heteroatoms. The van der Waals surface area contributed by atoms with Crippen LogP contribution in [0.4, 0.5) is 5.95 Å². The molecular weight excluding hydrogens is 306 g/mol. The van der Waals surface area contributed by atoms with Gasteiger partial charge in [-0.3, -0.25) is 0 Å². The van der Waals surface area contributed by atoms with Crippen LogP contribution >= 0.6 is 0 Å². The number of aliphatic hydroxyl groups excluding tert-OH is 1. The van der Waals surface area contributed by atoms with Gasteiger partial charge in [0.25, 0.3) is 0 Å². The molecule has 1 atom stereocenters. The van der Waals surface area contributed by atoms with Gasteiger partial charge in [0, 0.05) is 0 Å². The lowest BCUT2D eigenvalue weighted by Gasteiger charge is -2.12. The molecule has 2 heterocycles. The topological polar surface area (TPSA) is 107 Å². The van der Waals surface area contributed by atoms with Gasteiger partial charge in [0.1, 0.15) is 6.10 Å². The van der Waals surface area contributed by atoms with Crippen molar-refractivity contribution in [3.8, 4) is 5.88 Å². The zero-order valence-electron chi connectivity index (χ0n) is 13.4. The number of benzene rings is 1. The van der Waals surface area contributed by atoms with Gasteiger partial charge >= 0.3 is 0 Å². The van der Waals surface area contributed by atoms with Crippen molar-refractivity contribution in [3.05, 3.63) is 47.8 Å². The first-order chi connectivity index (χ1) is 11.7. The van der Waals surface area contributed by atoms with E-state index in [4.69, 9.17) is 10.5 Å². The van der Waals surface area contributed by atoms with E-state index in [0.717, 1.165) is 18.4 Å². The van der Waals surface area contributed by atoms with Gasteiger partial charge in [-0.25, -0.2) is 9.97 Å². The molecule has 1 unspecified atom stereocenters. The molecule has 3 rings (SSSR count). The van der Waals surface area contributed by atoms with E-state index in [0.29, 0.717) is 29.3 Å². The molecule has 0 bridgehead atoms. The Labute approximate surface area is 139 Å². The first-order valence-electron chi connectivity index (χ1n) is 7.85. The molecule has 0 saturated heterocycles. The Morgan fingerprint density at radius 3 is 2.71 bits per heavy atom. The second-order valence-corrected chi connectivity index (χ2v) is 5.37. The summed E-state index contributed by atoms with van der Waals surface area (Å²) in [5, 5.41) is 10.5. The summed E-state index contributed by atoms with van der Waals surface area (Å²) < 4.78 is 5.67. The van der Waals surface area contributed by atoms with Crippen LogP contribution in [0.5, 0.6) is 5.88 Å². The molecule has 0 aliphatic heterocycles. The molecule has 0 aliphatic carbocycles. The van der Waals surface area contributed by atoms with Crippen LogP contribution in [0.25, 0.3) is 11.2 Å². The van der Waals surface area contributed by atoms with E-state index < -0.39 is 6.10 Å². The van der Waals surface area contributed by atoms with Crippen molar-refractivity contribution in [2.75, 3.05) is 12.3 Å². The van der Waals surface area contributed by atoms with Crippen LogP contribution in [0.3, 0.4) is 0 Å². The Hall–Kier alpha value is -2.80. The van der Waals surface area contributed by atoms with Crippen molar-refractivity contribution >= 4 is 17.1 Å². The highest BCUT2D eigenvalue weighted by Gasteiger charge is 2.16. The van der Waals surface area contributed by atoms with Crippen molar-refractivity contribution in [1.29, 1.82) is 0 Å². The maximum Gasteiger partial charge on any atom is 0.247 e. The van der Waals surface area contributed by atoms with E-state index in [2.05, 4.69) is 26.9 Å². The third kappa shape index (κ3) is 3.41. The molecule has 1 aromatic carbocycles. The van der Waals surface area contributed by atoms with E-state index in [-0.39, 0.29) is 5.95 Å². The van der Waals surface area contributed by atoms with Crippen LogP contribution in [0.1, 0.15) is 37.1 Å². The summed E-state index contributed by atoms with van der Waals surface area (Å²) in [4.78, 5) is 16.9. The number of hydrogen-bond donors (Lipinski definition) is 2. The van der Waals surface area contributed by atoms with E-state index in [1.54, 1.807) is 0 Å². The van der Waals surface area contributed by atoms with Crippen molar-refractivity contribution in [2.24, 2.45) is 0 Å². The standard InChI is InChI=1S/C17H19N5O2/c1-2-3-9-24-16-13-15(21-17(18)22-16)19-10-12(20-13)14(23)11-7-5-4-6-8-11/h4-8,10,14,23H,2-3,9H2,1H3,(H2,18,19,21,22). The average molecular weight is 325 g/mol. The van der Waals surface area contributed by atoms with Crippen molar-refractivity contribution in [3.63, 3.8) is 0 Å². The smallest absolute Gasteiger partial charge is 0.247 e. The number of nitrogen functional groups attached to an aromatic ring is 1. The molecule has 3 N–H and O–H groups in total. The number of anilines is 1. The zero-order valence-corrected chi connectivity index (χ0v) is 13.4. The summed E-state index contributed by atoms with van der Waals surface area (Å²) >= 11 is 0. The molecule has 0 radical (unpaired) electrons. The van der Waals surface area contributed by atoms with Gasteiger partial charge in [0.2, 0.25) is 11.8 Å². The van der Waals surface area contributed by atoms with E-state index in [9.17, 15) is 5.11 Å². The highest BCUT2D eigenvalue weighted by molar-refractivity contribution is 5.76.